The van der Waals surface area contributed by atoms with Crippen molar-refractivity contribution >= 4 is 13.7 Å². The molecule has 8 nitrogen and oxygen atoms in total. The summed E-state index contributed by atoms with van der Waals surface area (Å²) in [6, 6.07) is -0.794. The van der Waals surface area contributed by atoms with Crippen molar-refractivity contribution < 1.29 is 32.9 Å². The molecule has 0 saturated heterocycles. The maximum absolute atomic E-state index is 12.9. The number of nitrogens with zero attached hydrogens (tertiary/aromatic N) is 1. The molecule has 0 spiro atoms. The Labute approximate surface area is 329 Å². The largest absolute Gasteiger partial charge is 0.756 e. The molecule has 0 aromatic heterocycles. The summed E-state index contributed by atoms with van der Waals surface area (Å²) in [5.41, 5.74) is 0. The second kappa shape index (κ2) is 35.9. The van der Waals surface area contributed by atoms with E-state index in [0.29, 0.717) is 23.9 Å². The van der Waals surface area contributed by atoms with Gasteiger partial charge in [0.2, 0.25) is 5.91 Å². The average molecular weight is 775 g/mol. The number of carbonyl (C=O) groups excluding carboxylic acids is 1. The van der Waals surface area contributed by atoms with Gasteiger partial charge in [-0.25, -0.2) is 0 Å². The molecule has 0 radical (unpaired) electrons. The number of nitrogens with one attached hydrogen (secondary N) is 1. The van der Waals surface area contributed by atoms with Crippen molar-refractivity contribution in [3.63, 3.8) is 0 Å². The van der Waals surface area contributed by atoms with Crippen molar-refractivity contribution in [3.05, 3.63) is 0 Å². The summed E-state index contributed by atoms with van der Waals surface area (Å²) in [7, 11) is 1.31. The van der Waals surface area contributed by atoms with Crippen LogP contribution < -0.4 is 10.2 Å². The van der Waals surface area contributed by atoms with Gasteiger partial charge in [-0.1, -0.05) is 201 Å². The van der Waals surface area contributed by atoms with E-state index in [-0.39, 0.29) is 19.1 Å². The highest BCUT2D eigenvalue weighted by molar-refractivity contribution is 7.45. The van der Waals surface area contributed by atoms with Gasteiger partial charge in [0.05, 0.1) is 39.9 Å². The number of phosphoric acid groups is 1. The highest BCUT2D eigenvalue weighted by atomic mass is 31.2. The Morgan fingerprint density at radius 2 is 1.04 bits per heavy atom. The lowest BCUT2D eigenvalue weighted by atomic mass is 9.99. The standard InChI is InChI=1S/C44H91N2O6P/c1-7-9-10-11-12-13-14-15-16-17-18-19-20-21-22-23-28-31-34-37-44(48)45-42(40-52-53(49,50)51-39-38-46(4,5)6)43(47)36-33-30-27-25-24-26-29-32-35-41(3)8-2/h41-43,47H,7-40H2,1-6H3,(H-,45,48,49,50)/t41?,42-,43+/m0/s1. The molecule has 53 heavy (non-hydrogen) atoms. The fourth-order valence-corrected chi connectivity index (χ4v) is 7.56. The lowest BCUT2D eigenvalue weighted by Gasteiger charge is -2.30. The maximum Gasteiger partial charge on any atom is 0.268 e. The number of carbonyl (C=O) groups is 1. The molecule has 1 amide bonds. The summed E-state index contributed by atoms with van der Waals surface area (Å²) in [6.07, 6.45) is 36.7. The molecule has 4 atom stereocenters. The van der Waals surface area contributed by atoms with E-state index < -0.39 is 20.0 Å². The number of likely N-dealkylation sites (N-methyl/N-ethyl adjacent to an activating group) is 1. The first-order valence-corrected chi connectivity index (χ1v) is 24.2. The van der Waals surface area contributed by atoms with Gasteiger partial charge in [-0.3, -0.25) is 9.36 Å². The number of unbranched alkanes of at least 4 members (excludes halogenated alkanes) is 25. The third-order valence-electron chi connectivity index (χ3n) is 10.9. The highest BCUT2D eigenvalue weighted by Gasteiger charge is 2.24. The molecule has 0 aliphatic heterocycles. The van der Waals surface area contributed by atoms with Crippen LogP contribution in [0.1, 0.15) is 220 Å². The maximum atomic E-state index is 12.9. The van der Waals surface area contributed by atoms with Crippen LogP contribution in [0.3, 0.4) is 0 Å². The molecule has 0 bridgehead atoms. The molecule has 0 fully saturated rings. The van der Waals surface area contributed by atoms with E-state index in [1.165, 1.54) is 148 Å². The Bertz CT molecular complexity index is 854. The number of rotatable bonds is 41. The fourth-order valence-electron chi connectivity index (χ4n) is 6.84. The third kappa shape index (κ3) is 38.2. The molecular weight excluding hydrogens is 683 g/mol. The quantitative estimate of drug-likeness (QED) is 0.0364. The predicted molar refractivity (Wildman–Crippen MR) is 224 cm³/mol. The zero-order valence-corrected chi connectivity index (χ0v) is 37.1. The van der Waals surface area contributed by atoms with E-state index in [9.17, 15) is 19.4 Å². The molecule has 0 rings (SSSR count). The van der Waals surface area contributed by atoms with Gasteiger partial charge in [0, 0.05) is 6.42 Å². The number of phosphoric ester groups is 1. The van der Waals surface area contributed by atoms with Gasteiger partial charge >= 0.3 is 0 Å². The molecule has 2 unspecified atom stereocenters. The molecule has 9 heteroatoms. The third-order valence-corrected chi connectivity index (χ3v) is 11.8. The fraction of sp³-hybridized carbons (Fsp3) is 0.977. The minimum atomic E-state index is -4.56. The normalized spacial score (nSPS) is 14.9. The van der Waals surface area contributed by atoms with Gasteiger partial charge in [0.1, 0.15) is 13.2 Å². The van der Waals surface area contributed by atoms with Crippen molar-refractivity contribution in [2.24, 2.45) is 5.92 Å². The molecule has 0 aromatic carbocycles. The van der Waals surface area contributed by atoms with E-state index >= 15 is 0 Å². The van der Waals surface area contributed by atoms with Crippen LogP contribution in [0.5, 0.6) is 0 Å². The van der Waals surface area contributed by atoms with E-state index in [0.717, 1.165) is 44.4 Å². The number of aliphatic hydroxyl groups is 1. The highest BCUT2D eigenvalue weighted by Crippen LogP contribution is 2.38. The molecule has 2 N–H and O–H groups in total. The van der Waals surface area contributed by atoms with Gasteiger partial charge in [-0.15, -0.1) is 0 Å². The van der Waals surface area contributed by atoms with Crippen molar-refractivity contribution in [2.75, 3.05) is 40.9 Å². The summed E-state index contributed by atoms with van der Waals surface area (Å²) in [5.74, 6) is 0.671. The van der Waals surface area contributed by atoms with Crippen LogP contribution in [-0.4, -0.2) is 68.5 Å². The van der Waals surface area contributed by atoms with E-state index in [1.807, 2.05) is 21.1 Å². The smallest absolute Gasteiger partial charge is 0.268 e. The average Bonchev–Trinajstić information content (AvgIpc) is 3.10. The van der Waals surface area contributed by atoms with Gasteiger partial charge in [-0.05, 0) is 18.8 Å². The SMILES string of the molecule is CCCCCCCCCCCCCCCCCCCCCC(=O)N[C@@H](COP(=O)([O-])OCC[N+](C)(C)C)[C@H](O)CCCCCCCCCCC(C)CC. The van der Waals surface area contributed by atoms with E-state index in [2.05, 4.69) is 26.1 Å². The molecule has 0 aromatic rings. The van der Waals surface area contributed by atoms with Crippen LogP contribution >= 0.6 is 7.82 Å². The van der Waals surface area contributed by atoms with E-state index in [4.69, 9.17) is 9.05 Å². The first-order chi connectivity index (χ1) is 25.4. The number of quaternary nitrogens is 1. The Hall–Kier alpha value is -0.500. The topological polar surface area (TPSA) is 108 Å². The Kier molecular flexibility index (Phi) is 35.5. The van der Waals surface area contributed by atoms with Crippen molar-refractivity contribution in [1.29, 1.82) is 0 Å². The van der Waals surface area contributed by atoms with Crippen molar-refractivity contribution in [2.45, 2.75) is 232 Å². The minimum Gasteiger partial charge on any atom is -0.756 e. The molecule has 0 aliphatic carbocycles. The van der Waals surface area contributed by atoms with Crippen LogP contribution in [0.15, 0.2) is 0 Å². The molecule has 0 heterocycles. The summed E-state index contributed by atoms with van der Waals surface area (Å²) < 4.78 is 23.3. The Balaban J connectivity index is 4.27. The number of aliphatic hydroxyl groups excluding tert-OH is 1. The van der Waals surface area contributed by atoms with Crippen molar-refractivity contribution in [3.8, 4) is 0 Å². The first kappa shape index (κ1) is 52.5. The summed E-state index contributed by atoms with van der Waals surface area (Å²) in [4.78, 5) is 25.3. The van der Waals surface area contributed by atoms with Gasteiger partial charge in [-0.2, -0.15) is 0 Å². The number of hydrogen-bond acceptors (Lipinski definition) is 6. The van der Waals surface area contributed by atoms with Gasteiger partial charge < -0.3 is 28.8 Å². The zero-order valence-electron chi connectivity index (χ0n) is 36.2. The minimum absolute atomic E-state index is 0.0150. The second-order valence-corrected chi connectivity index (χ2v) is 18.8. The monoisotopic (exact) mass is 775 g/mol. The molecular formula is C44H91N2O6P. The zero-order chi connectivity index (χ0) is 39.5. The number of hydrogen-bond donors (Lipinski definition) is 2. The second-order valence-electron chi connectivity index (χ2n) is 17.4. The van der Waals surface area contributed by atoms with Crippen LogP contribution in [0.25, 0.3) is 0 Å². The van der Waals surface area contributed by atoms with Crippen molar-refractivity contribution in [1.82, 2.24) is 5.32 Å². The summed E-state index contributed by atoms with van der Waals surface area (Å²) in [6.45, 7) is 7.08. The molecule has 318 valence electrons. The van der Waals surface area contributed by atoms with E-state index in [1.54, 1.807) is 0 Å². The van der Waals surface area contributed by atoms with Gasteiger partial charge in [0.15, 0.2) is 0 Å². The summed E-state index contributed by atoms with van der Waals surface area (Å²) >= 11 is 0. The van der Waals surface area contributed by atoms with Gasteiger partial charge in [0.25, 0.3) is 7.82 Å². The Morgan fingerprint density at radius 3 is 1.45 bits per heavy atom. The van der Waals surface area contributed by atoms with Crippen LogP contribution in [0.4, 0.5) is 0 Å². The Morgan fingerprint density at radius 1 is 0.642 bits per heavy atom. The number of amides is 1. The van der Waals surface area contributed by atoms with Crippen LogP contribution in [0.2, 0.25) is 0 Å². The van der Waals surface area contributed by atoms with Crippen LogP contribution in [0, 0.1) is 5.92 Å². The predicted octanol–water partition coefficient (Wildman–Crippen LogP) is 11.8. The molecule has 0 saturated carbocycles. The first-order valence-electron chi connectivity index (χ1n) is 22.8. The van der Waals surface area contributed by atoms with Crippen LogP contribution in [-0.2, 0) is 18.4 Å². The summed E-state index contributed by atoms with van der Waals surface area (Å²) in [5, 5.41) is 13.9. The lowest BCUT2D eigenvalue weighted by molar-refractivity contribution is -0.870. The molecule has 0 aliphatic rings. The lowest BCUT2D eigenvalue weighted by Crippen LogP contribution is -2.46.